The molecule has 0 fully saturated rings. The molecule has 0 radical (unpaired) electrons. The monoisotopic (exact) mass is 473 g/mol. The Morgan fingerprint density at radius 3 is 2.40 bits per heavy atom. The highest BCUT2D eigenvalue weighted by molar-refractivity contribution is 6.33. The Bertz CT molecular complexity index is 1810. The van der Waals surface area contributed by atoms with Gasteiger partial charge in [-0.1, -0.05) is 40.9 Å². The van der Waals surface area contributed by atoms with Gasteiger partial charge in [0.05, 0.1) is 39.9 Å². The summed E-state index contributed by atoms with van der Waals surface area (Å²) in [4.78, 5) is 13.0. The Hall–Kier alpha value is -4.83. The third kappa shape index (κ3) is 3.81. The number of benzene rings is 4. The maximum absolute atomic E-state index is 9.66. The van der Waals surface area contributed by atoms with E-state index in [1.54, 1.807) is 25.1 Å². The molecule has 5 rings (SSSR count). The lowest BCUT2D eigenvalue weighted by molar-refractivity contribution is 0.214. The SMILES string of the molecule is CO/N=C(\C)C#Cc1ccc2c(c1)c1cc(Cl)ccc1c1nc(-c3c(C#N)cccc3C#N)[nH]c21. The summed E-state index contributed by atoms with van der Waals surface area (Å²) in [5, 5.41) is 27.5. The maximum atomic E-state index is 9.66. The van der Waals surface area contributed by atoms with E-state index in [4.69, 9.17) is 21.4 Å². The van der Waals surface area contributed by atoms with Crippen LogP contribution in [0.5, 0.6) is 0 Å². The van der Waals surface area contributed by atoms with E-state index in [1.807, 2.05) is 36.4 Å². The average molecular weight is 474 g/mol. The molecular formula is C28H16ClN5O. The summed E-state index contributed by atoms with van der Waals surface area (Å²) in [6.07, 6.45) is 0. The minimum absolute atomic E-state index is 0.380. The largest absolute Gasteiger partial charge is 0.398 e. The molecule has 5 aromatic rings. The normalized spacial score (nSPS) is 11.2. The first-order valence-corrected chi connectivity index (χ1v) is 11.0. The molecule has 0 atom stereocenters. The lowest BCUT2D eigenvalue weighted by Crippen LogP contribution is -1.91. The fourth-order valence-corrected chi connectivity index (χ4v) is 4.38. The topological polar surface area (TPSA) is 97.8 Å². The first-order valence-electron chi connectivity index (χ1n) is 10.6. The number of hydrogen-bond acceptors (Lipinski definition) is 5. The number of halogens is 1. The van der Waals surface area contributed by atoms with Crippen LogP contribution < -0.4 is 0 Å². The van der Waals surface area contributed by atoms with Crippen molar-refractivity contribution in [3.8, 4) is 35.4 Å². The van der Waals surface area contributed by atoms with E-state index in [1.165, 1.54) is 7.11 Å². The standard InChI is InChI=1S/C28H16ClN5O/c1-16(34-35-2)6-7-17-8-10-21-23(12-17)24-13-20(29)9-11-22(24)27-26(21)32-28(33-27)25-18(14-30)4-3-5-19(25)15-31/h3-5,8-13H,1-2H3,(H,32,33)/b34-16+. The van der Waals surface area contributed by atoms with Crippen molar-refractivity contribution in [3.63, 3.8) is 0 Å². The van der Waals surface area contributed by atoms with E-state index in [2.05, 4.69) is 34.1 Å². The van der Waals surface area contributed by atoms with Crippen molar-refractivity contribution in [2.75, 3.05) is 7.11 Å². The third-order valence-electron chi connectivity index (χ3n) is 5.68. The zero-order valence-corrected chi connectivity index (χ0v) is 19.5. The molecule has 0 saturated heterocycles. The molecule has 0 aliphatic heterocycles. The highest BCUT2D eigenvalue weighted by Gasteiger charge is 2.18. The number of oxime groups is 1. The molecule has 0 aliphatic rings. The van der Waals surface area contributed by atoms with Crippen LogP contribution in [0.25, 0.3) is 44.0 Å². The zero-order chi connectivity index (χ0) is 24.5. The third-order valence-corrected chi connectivity index (χ3v) is 5.91. The van der Waals surface area contributed by atoms with Gasteiger partial charge in [0.25, 0.3) is 0 Å². The maximum Gasteiger partial charge on any atom is 0.141 e. The number of nitrogens with one attached hydrogen (secondary N) is 1. The van der Waals surface area contributed by atoms with Gasteiger partial charge in [-0.3, -0.25) is 0 Å². The van der Waals surface area contributed by atoms with Crippen LogP contribution >= 0.6 is 11.6 Å². The predicted octanol–water partition coefficient (Wildman–Crippen LogP) is 6.31. The molecule has 0 spiro atoms. The number of aromatic nitrogens is 2. The van der Waals surface area contributed by atoms with Crippen LogP contribution in [0.2, 0.25) is 5.02 Å². The van der Waals surface area contributed by atoms with E-state index in [9.17, 15) is 10.5 Å². The lowest BCUT2D eigenvalue weighted by atomic mass is 9.98. The van der Waals surface area contributed by atoms with Gasteiger partial charge in [-0.25, -0.2) is 4.98 Å². The molecule has 0 amide bonds. The number of rotatable bonds is 2. The van der Waals surface area contributed by atoms with Crippen molar-refractivity contribution < 1.29 is 4.84 Å². The van der Waals surface area contributed by atoms with Gasteiger partial charge in [0.2, 0.25) is 0 Å². The molecule has 0 aliphatic carbocycles. The van der Waals surface area contributed by atoms with E-state index >= 15 is 0 Å². The summed E-state index contributed by atoms with van der Waals surface area (Å²) in [5.74, 6) is 6.56. The van der Waals surface area contributed by atoms with Crippen LogP contribution in [-0.4, -0.2) is 22.8 Å². The molecule has 0 saturated carbocycles. The van der Waals surface area contributed by atoms with Crippen LogP contribution in [0.1, 0.15) is 23.6 Å². The number of fused-ring (bicyclic) bond motifs is 6. The molecule has 1 aromatic heterocycles. The number of aromatic amines is 1. The Balaban J connectivity index is 1.85. The molecule has 6 nitrogen and oxygen atoms in total. The first-order chi connectivity index (χ1) is 17.0. The first kappa shape index (κ1) is 22.0. The van der Waals surface area contributed by atoms with Gasteiger partial charge in [0.1, 0.15) is 18.6 Å². The lowest BCUT2D eigenvalue weighted by Gasteiger charge is -2.07. The molecule has 1 N–H and O–H groups in total. The van der Waals surface area contributed by atoms with Crippen LogP contribution in [0.15, 0.2) is 59.8 Å². The molecule has 35 heavy (non-hydrogen) atoms. The van der Waals surface area contributed by atoms with Gasteiger partial charge >= 0.3 is 0 Å². The Morgan fingerprint density at radius 1 is 0.971 bits per heavy atom. The second-order valence-electron chi connectivity index (χ2n) is 7.82. The molecule has 166 valence electrons. The zero-order valence-electron chi connectivity index (χ0n) is 18.8. The van der Waals surface area contributed by atoms with Crippen LogP contribution in [-0.2, 0) is 4.84 Å². The number of nitrogens with zero attached hydrogens (tertiary/aromatic N) is 4. The second kappa shape index (κ2) is 8.84. The fraction of sp³-hybridized carbons (Fsp3) is 0.0714. The summed E-state index contributed by atoms with van der Waals surface area (Å²) in [6, 6.07) is 21.0. The van der Waals surface area contributed by atoms with Crippen LogP contribution in [0, 0.1) is 34.5 Å². The molecule has 1 heterocycles. The minimum atomic E-state index is 0.380. The van der Waals surface area contributed by atoms with Crippen molar-refractivity contribution in [2.24, 2.45) is 5.16 Å². The van der Waals surface area contributed by atoms with E-state index in [0.717, 1.165) is 38.1 Å². The smallest absolute Gasteiger partial charge is 0.141 e. The fourth-order valence-electron chi connectivity index (χ4n) is 4.21. The molecule has 4 aromatic carbocycles. The van der Waals surface area contributed by atoms with Gasteiger partial charge in [0.15, 0.2) is 0 Å². The van der Waals surface area contributed by atoms with Crippen molar-refractivity contribution >= 4 is 49.9 Å². The van der Waals surface area contributed by atoms with Crippen molar-refractivity contribution in [1.82, 2.24) is 9.97 Å². The highest BCUT2D eigenvalue weighted by atomic mass is 35.5. The number of hydrogen-bond donors (Lipinski definition) is 1. The summed E-state index contributed by atoms with van der Waals surface area (Å²) in [5.41, 5.74) is 4.16. The van der Waals surface area contributed by atoms with Gasteiger partial charge < -0.3 is 9.82 Å². The number of imidazole rings is 1. The molecule has 7 heteroatoms. The molecule has 0 unspecified atom stereocenters. The summed E-state index contributed by atoms with van der Waals surface area (Å²) >= 11 is 6.37. The van der Waals surface area contributed by atoms with Crippen LogP contribution in [0.4, 0.5) is 0 Å². The predicted molar refractivity (Wildman–Crippen MR) is 138 cm³/mol. The second-order valence-corrected chi connectivity index (χ2v) is 8.26. The van der Waals surface area contributed by atoms with Gasteiger partial charge in [-0.05, 0) is 60.0 Å². The van der Waals surface area contributed by atoms with Crippen molar-refractivity contribution in [3.05, 3.63) is 76.3 Å². The Morgan fingerprint density at radius 2 is 1.69 bits per heavy atom. The molecular weight excluding hydrogens is 458 g/mol. The van der Waals surface area contributed by atoms with Gasteiger partial charge in [-0.2, -0.15) is 10.5 Å². The van der Waals surface area contributed by atoms with E-state index in [-0.39, 0.29) is 0 Å². The summed E-state index contributed by atoms with van der Waals surface area (Å²) < 4.78 is 0. The molecule has 0 bridgehead atoms. The van der Waals surface area contributed by atoms with E-state index < -0.39 is 0 Å². The number of nitriles is 2. The van der Waals surface area contributed by atoms with Gasteiger partial charge in [-0.15, -0.1) is 0 Å². The quantitative estimate of drug-likeness (QED) is 0.141. The van der Waals surface area contributed by atoms with Gasteiger partial charge in [0, 0.05) is 21.4 Å². The highest BCUT2D eigenvalue weighted by Crippen LogP contribution is 2.37. The summed E-state index contributed by atoms with van der Waals surface area (Å²) in [7, 11) is 1.48. The van der Waals surface area contributed by atoms with Crippen molar-refractivity contribution in [2.45, 2.75) is 6.92 Å². The average Bonchev–Trinajstić information content (AvgIpc) is 3.32. The Kier molecular flexibility index (Phi) is 5.55. The number of H-pyrrole nitrogens is 1. The van der Waals surface area contributed by atoms with Crippen LogP contribution in [0.3, 0.4) is 0 Å². The Labute approximate surface area is 206 Å². The van der Waals surface area contributed by atoms with Crippen molar-refractivity contribution in [1.29, 1.82) is 10.5 Å². The summed E-state index contributed by atoms with van der Waals surface area (Å²) in [6.45, 7) is 1.77. The van der Waals surface area contributed by atoms with E-state index in [0.29, 0.717) is 33.2 Å². The minimum Gasteiger partial charge on any atom is -0.398 e.